The maximum Gasteiger partial charge on any atom is 0.235 e. The van der Waals surface area contributed by atoms with E-state index in [1.54, 1.807) is 7.11 Å². The number of carbonyl (C=O) groups excluding carboxylic acids is 1. The summed E-state index contributed by atoms with van der Waals surface area (Å²) >= 11 is 0. The van der Waals surface area contributed by atoms with Crippen molar-refractivity contribution >= 4 is 11.6 Å². The number of methoxy groups -OCH3 is 1. The molecule has 0 unspecified atom stereocenters. The first-order valence-electron chi connectivity index (χ1n) is 11.7. The molecule has 1 fully saturated rings. The number of carbonyl (C=O) groups is 1. The Labute approximate surface area is 200 Å². The molecular weight excluding hydrogens is 430 g/mol. The Morgan fingerprint density at radius 2 is 1.88 bits per heavy atom. The minimum Gasteiger partial charge on any atom is -0.497 e. The number of aromatic nitrogens is 2. The number of anilines is 1. The second kappa shape index (κ2) is 9.02. The van der Waals surface area contributed by atoms with Gasteiger partial charge in [0, 0.05) is 49.1 Å². The molecule has 3 aromatic rings. The number of ether oxygens (including phenoxy) is 2. The summed E-state index contributed by atoms with van der Waals surface area (Å²) in [5, 5.41) is 7.61. The number of nitrogens with one attached hydrogen (secondary N) is 1. The van der Waals surface area contributed by atoms with E-state index < -0.39 is 5.60 Å². The topological polar surface area (TPSA) is 71.9 Å². The predicted octanol–water partition coefficient (Wildman–Crippen LogP) is 3.08. The molecule has 8 heteroatoms. The number of amides is 1. The van der Waals surface area contributed by atoms with Gasteiger partial charge in [0.25, 0.3) is 0 Å². The largest absolute Gasteiger partial charge is 0.497 e. The molecule has 34 heavy (non-hydrogen) atoms. The van der Waals surface area contributed by atoms with Gasteiger partial charge in [-0.3, -0.25) is 9.69 Å². The van der Waals surface area contributed by atoms with Gasteiger partial charge in [0.15, 0.2) is 0 Å². The van der Waals surface area contributed by atoms with Crippen molar-refractivity contribution in [3.63, 3.8) is 0 Å². The first kappa shape index (κ1) is 22.3. The standard InChI is InChI=1S/C26H31N5O3/c1-26(2)22-16-28-31(25(22)21-10-9-20(33-3)15-23(21)34-26)18-27-24(32)17-29-11-13-30(14-12-29)19-7-5-4-6-8-19/h4-10,15-16H,11-14,17-18H2,1-3H3,(H,27,32). The van der Waals surface area contributed by atoms with Gasteiger partial charge in [-0.1, -0.05) is 18.2 Å². The fraction of sp³-hybridized carbons (Fsp3) is 0.385. The fourth-order valence-electron chi connectivity index (χ4n) is 4.69. The third-order valence-electron chi connectivity index (χ3n) is 6.58. The van der Waals surface area contributed by atoms with Crippen molar-refractivity contribution in [2.45, 2.75) is 26.1 Å². The summed E-state index contributed by atoms with van der Waals surface area (Å²) < 4.78 is 13.4. The van der Waals surface area contributed by atoms with Gasteiger partial charge in [-0.15, -0.1) is 0 Å². The summed E-state index contributed by atoms with van der Waals surface area (Å²) in [6.45, 7) is 8.29. The van der Waals surface area contributed by atoms with Crippen LogP contribution in [-0.2, 0) is 17.1 Å². The van der Waals surface area contributed by atoms with E-state index in [1.165, 1.54) is 5.69 Å². The van der Waals surface area contributed by atoms with Crippen molar-refractivity contribution in [2.75, 3.05) is 44.7 Å². The Morgan fingerprint density at radius 1 is 1.12 bits per heavy atom. The Balaban J connectivity index is 1.22. The van der Waals surface area contributed by atoms with Gasteiger partial charge in [-0.2, -0.15) is 5.10 Å². The zero-order valence-corrected chi connectivity index (χ0v) is 20.0. The number of piperazine rings is 1. The quantitative estimate of drug-likeness (QED) is 0.608. The van der Waals surface area contributed by atoms with E-state index in [0.29, 0.717) is 13.2 Å². The van der Waals surface area contributed by atoms with Gasteiger partial charge in [-0.05, 0) is 38.1 Å². The third-order valence-corrected chi connectivity index (χ3v) is 6.58. The summed E-state index contributed by atoms with van der Waals surface area (Å²) in [5.41, 5.74) is 3.61. The lowest BCUT2D eigenvalue weighted by Gasteiger charge is -2.35. The molecule has 3 heterocycles. The van der Waals surface area contributed by atoms with E-state index in [9.17, 15) is 4.79 Å². The molecule has 0 bridgehead atoms. The monoisotopic (exact) mass is 461 g/mol. The van der Waals surface area contributed by atoms with E-state index in [1.807, 2.05) is 49.0 Å². The molecule has 0 saturated carbocycles. The number of rotatable bonds is 6. The lowest BCUT2D eigenvalue weighted by Crippen LogP contribution is -2.49. The first-order valence-corrected chi connectivity index (χ1v) is 11.7. The number of hydrogen-bond acceptors (Lipinski definition) is 6. The second-order valence-corrected chi connectivity index (χ2v) is 9.24. The molecule has 0 radical (unpaired) electrons. The third kappa shape index (κ3) is 4.33. The van der Waals surface area contributed by atoms with Crippen LogP contribution < -0.4 is 19.7 Å². The molecule has 8 nitrogen and oxygen atoms in total. The SMILES string of the molecule is COc1ccc2c(c1)OC(C)(C)c1cnn(CNC(=O)CN3CCN(c4ccccc4)CC3)c1-2. The van der Waals surface area contributed by atoms with Crippen LogP contribution in [0.25, 0.3) is 11.3 Å². The van der Waals surface area contributed by atoms with Gasteiger partial charge in [0.2, 0.25) is 5.91 Å². The van der Waals surface area contributed by atoms with Crippen LogP contribution in [0.3, 0.4) is 0 Å². The molecule has 2 aromatic carbocycles. The number of nitrogens with zero attached hydrogens (tertiary/aromatic N) is 4. The van der Waals surface area contributed by atoms with Gasteiger partial charge in [-0.25, -0.2) is 4.68 Å². The van der Waals surface area contributed by atoms with Crippen LogP contribution >= 0.6 is 0 Å². The summed E-state index contributed by atoms with van der Waals surface area (Å²) in [6.07, 6.45) is 1.83. The molecule has 5 rings (SSSR count). The molecule has 178 valence electrons. The van der Waals surface area contributed by atoms with Gasteiger partial charge >= 0.3 is 0 Å². The van der Waals surface area contributed by atoms with E-state index in [2.05, 4.69) is 44.5 Å². The normalized spacial score (nSPS) is 16.9. The maximum atomic E-state index is 12.7. The summed E-state index contributed by atoms with van der Waals surface area (Å²) in [7, 11) is 1.64. The highest BCUT2D eigenvalue weighted by Gasteiger charge is 2.36. The van der Waals surface area contributed by atoms with Crippen molar-refractivity contribution in [3.05, 3.63) is 60.3 Å². The Bertz CT molecular complexity index is 1170. The maximum absolute atomic E-state index is 12.7. The molecule has 1 saturated heterocycles. The molecular formula is C26H31N5O3. The van der Waals surface area contributed by atoms with Crippen molar-refractivity contribution < 1.29 is 14.3 Å². The van der Waals surface area contributed by atoms with Gasteiger partial charge in [0.05, 0.1) is 25.5 Å². The van der Waals surface area contributed by atoms with Gasteiger partial charge in [0.1, 0.15) is 23.8 Å². The molecule has 0 aliphatic carbocycles. The van der Waals surface area contributed by atoms with Crippen LogP contribution in [0.5, 0.6) is 11.5 Å². The highest BCUT2D eigenvalue weighted by molar-refractivity contribution is 5.78. The average molecular weight is 462 g/mol. The Kier molecular flexibility index (Phi) is 5.91. The summed E-state index contributed by atoms with van der Waals surface area (Å²) in [4.78, 5) is 17.3. The van der Waals surface area contributed by atoms with Crippen LogP contribution in [0, 0.1) is 0 Å². The highest BCUT2D eigenvalue weighted by Crippen LogP contribution is 2.46. The van der Waals surface area contributed by atoms with Crippen LogP contribution in [-0.4, -0.2) is 60.4 Å². The average Bonchev–Trinajstić information content (AvgIpc) is 3.29. The number of benzene rings is 2. The van der Waals surface area contributed by atoms with Crippen LogP contribution in [0.15, 0.2) is 54.7 Å². The summed E-state index contributed by atoms with van der Waals surface area (Å²) in [5.74, 6) is 1.49. The lowest BCUT2D eigenvalue weighted by molar-refractivity contribution is -0.122. The fourth-order valence-corrected chi connectivity index (χ4v) is 4.69. The smallest absolute Gasteiger partial charge is 0.235 e. The minimum absolute atomic E-state index is 0.00122. The lowest BCUT2D eigenvalue weighted by atomic mass is 9.91. The molecule has 1 aromatic heterocycles. The first-order chi connectivity index (χ1) is 16.4. The van der Waals surface area contributed by atoms with Crippen molar-refractivity contribution in [2.24, 2.45) is 0 Å². The van der Waals surface area contributed by atoms with E-state index in [-0.39, 0.29) is 5.91 Å². The molecule has 1 N–H and O–H groups in total. The predicted molar refractivity (Wildman–Crippen MR) is 131 cm³/mol. The van der Waals surface area contributed by atoms with Crippen LogP contribution in [0.2, 0.25) is 0 Å². The Morgan fingerprint density at radius 3 is 2.62 bits per heavy atom. The molecule has 2 aliphatic heterocycles. The van der Waals surface area contributed by atoms with Gasteiger partial charge < -0.3 is 19.7 Å². The second-order valence-electron chi connectivity index (χ2n) is 9.24. The molecule has 2 aliphatic rings. The van der Waals surface area contributed by atoms with Crippen molar-refractivity contribution in [1.29, 1.82) is 0 Å². The van der Waals surface area contributed by atoms with E-state index >= 15 is 0 Å². The summed E-state index contributed by atoms with van der Waals surface area (Å²) in [6, 6.07) is 16.2. The van der Waals surface area contributed by atoms with Crippen LogP contribution in [0.4, 0.5) is 5.69 Å². The number of hydrogen-bond donors (Lipinski definition) is 1. The highest BCUT2D eigenvalue weighted by atomic mass is 16.5. The number of fused-ring (bicyclic) bond motifs is 3. The van der Waals surface area contributed by atoms with Crippen molar-refractivity contribution in [1.82, 2.24) is 20.0 Å². The van der Waals surface area contributed by atoms with E-state index in [4.69, 9.17) is 9.47 Å². The molecule has 1 amide bonds. The van der Waals surface area contributed by atoms with E-state index in [0.717, 1.165) is 54.5 Å². The van der Waals surface area contributed by atoms with Crippen molar-refractivity contribution in [3.8, 4) is 22.8 Å². The Hall–Kier alpha value is -3.52. The number of para-hydroxylation sites is 1. The zero-order chi connectivity index (χ0) is 23.7. The van der Waals surface area contributed by atoms with Crippen LogP contribution in [0.1, 0.15) is 19.4 Å². The zero-order valence-electron chi connectivity index (χ0n) is 20.0. The minimum atomic E-state index is -0.532. The molecule has 0 spiro atoms. The molecule has 0 atom stereocenters.